The van der Waals surface area contributed by atoms with Crippen molar-refractivity contribution in [2.45, 2.75) is 12.8 Å². The number of benzene rings is 1. The minimum Gasteiger partial charge on any atom is -0.378 e. The first kappa shape index (κ1) is 20.7. The smallest absolute Gasteiger partial charge is 0.214 e. The van der Waals surface area contributed by atoms with Crippen LogP contribution in [0.2, 0.25) is 0 Å². The summed E-state index contributed by atoms with van der Waals surface area (Å²) in [6.45, 7) is 8.33. The van der Waals surface area contributed by atoms with Crippen LogP contribution in [-0.4, -0.2) is 91.4 Å². The lowest BCUT2D eigenvalue weighted by Crippen LogP contribution is -2.47. The molecule has 0 N–H and O–H groups in total. The van der Waals surface area contributed by atoms with Crippen molar-refractivity contribution in [2.75, 3.05) is 76.8 Å². The fourth-order valence-corrected chi connectivity index (χ4v) is 5.52. The van der Waals surface area contributed by atoms with Crippen molar-refractivity contribution in [3.63, 3.8) is 0 Å². The number of anilines is 2. The third-order valence-corrected chi connectivity index (χ3v) is 7.69. The quantitative estimate of drug-likeness (QED) is 0.609. The van der Waals surface area contributed by atoms with Gasteiger partial charge in [-0.05, 0) is 37.9 Å². The lowest BCUT2D eigenvalue weighted by atomic mass is 9.96. The van der Waals surface area contributed by atoms with E-state index in [1.54, 1.807) is 11.3 Å². The van der Waals surface area contributed by atoms with E-state index in [1.165, 1.54) is 51.3 Å². The molecule has 0 unspecified atom stereocenters. The monoisotopic (exact) mass is 439 g/mol. The zero-order valence-electron chi connectivity index (χ0n) is 18.9. The van der Waals surface area contributed by atoms with Gasteiger partial charge in [-0.1, -0.05) is 23.5 Å². The van der Waals surface area contributed by atoms with Gasteiger partial charge < -0.3 is 19.6 Å². The molecule has 0 bridgehead atoms. The maximum atomic E-state index is 4.85. The Morgan fingerprint density at radius 2 is 1.71 bits per heavy atom. The van der Waals surface area contributed by atoms with Gasteiger partial charge in [-0.15, -0.1) is 5.10 Å². The molecule has 1 aromatic carbocycles. The molecule has 2 saturated heterocycles. The Bertz CT molecular complexity index is 961. The summed E-state index contributed by atoms with van der Waals surface area (Å²) in [6.07, 6.45) is 4.58. The Morgan fingerprint density at radius 3 is 2.35 bits per heavy atom. The van der Waals surface area contributed by atoms with E-state index in [9.17, 15) is 0 Å². The molecule has 0 saturated carbocycles. The highest BCUT2D eigenvalue weighted by molar-refractivity contribution is 7.20. The minimum atomic E-state index is 0.820. The molecule has 0 atom stereocenters. The lowest BCUT2D eigenvalue weighted by Gasteiger charge is -2.37. The number of fused-ring (bicyclic) bond motifs is 1. The van der Waals surface area contributed by atoms with Gasteiger partial charge in [0.2, 0.25) is 10.1 Å². The number of piperazine rings is 1. The van der Waals surface area contributed by atoms with E-state index in [1.807, 2.05) is 4.52 Å². The average Bonchev–Trinajstić information content (AvgIpc) is 3.35. The first-order chi connectivity index (χ1) is 15.0. The summed E-state index contributed by atoms with van der Waals surface area (Å²) in [5, 5.41) is 5.96. The summed E-state index contributed by atoms with van der Waals surface area (Å²) < 4.78 is 1.95. The molecule has 2 aliphatic rings. The number of likely N-dealkylation sites (N-methyl/N-ethyl adjacent to an activating group) is 1. The second-order valence-corrected chi connectivity index (χ2v) is 10.1. The minimum absolute atomic E-state index is 0.820. The summed E-state index contributed by atoms with van der Waals surface area (Å²) in [6, 6.07) is 8.53. The Kier molecular flexibility index (Phi) is 5.86. The zero-order valence-corrected chi connectivity index (χ0v) is 19.7. The van der Waals surface area contributed by atoms with Crippen LogP contribution in [-0.2, 0) is 0 Å². The summed E-state index contributed by atoms with van der Waals surface area (Å²) in [5.41, 5.74) is 3.32. The summed E-state index contributed by atoms with van der Waals surface area (Å²) in [7, 11) is 6.34. The molecule has 3 aromatic rings. The van der Waals surface area contributed by atoms with E-state index in [4.69, 9.17) is 10.1 Å². The third-order valence-electron chi connectivity index (χ3n) is 6.71. The average molecular weight is 440 g/mol. The largest absolute Gasteiger partial charge is 0.378 e. The lowest BCUT2D eigenvalue weighted by molar-refractivity contribution is 0.129. The van der Waals surface area contributed by atoms with E-state index in [0.29, 0.717) is 0 Å². The van der Waals surface area contributed by atoms with Gasteiger partial charge in [-0.3, -0.25) is 0 Å². The maximum Gasteiger partial charge on any atom is 0.214 e. The van der Waals surface area contributed by atoms with E-state index in [0.717, 1.165) is 40.4 Å². The van der Waals surface area contributed by atoms with Gasteiger partial charge in [0.1, 0.15) is 0 Å². The molecule has 8 heteroatoms. The van der Waals surface area contributed by atoms with Crippen molar-refractivity contribution in [3.05, 3.63) is 30.5 Å². The Labute approximate surface area is 188 Å². The second kappa shape index (κ2) is 8.76. The predicted octanol–water partition coefficient (Wildman–Crippen LogP) is 2.99. The standard InChI is InChI=1S/C23H33N7S/c1-26(2)20-6-4-19(5-7-20)21-17-30-22(24-21)31-23(25-30)29-10-8-18(9-11-29)16-28-14-12-27(3)13-15-28/h4-7,17-18H,8-16H2,1-3H3. The fourth-order valence-electron chi connectivity index (χ4n) is 4.59. The highest BCUT2D eigenvalue weighted by Crippen LogP contribution is 2.30. The van der Waals surface area contributed by atoms with Crippen LogP contribution in [0.3, 0.4) is 0 Å². The Hall–Kier alpha value is -2.16. The maximum absolute atomic E-state index is 4.85. The number of imidazole rings is 1. The third kappa shape index (κ3) is 4.56. The fraction of sp³-hybridized carbons (Fsp3) is 0.565. The molecule has 0 aliphatic carbocycles. The van der Waals surface area contributed by atoms with E-state index < -0.39 is 0 Å². The predicted molar refractivity (Wildman–Crippen MR) is 130 cm³/mol. The van der Waals surface area contributed by atoms with Gasteiger partial charge in [-0.2, -0.15) is 0 Å². The van der Waals surface area contributed by atoms with Crippen LogP contribution < -0.4 is 9.80 Å². The van der Waals surface area contributed by atoms with E-state index in [-0.39, 0.29) is 0 Å². The van der Waals surface area contributed by atoms with Crippen molar-refractivity contribution in [1.29, 1.82) is 0 Å². The van der Waals surface area contributed by atoms with Crippen LogP contribution in [0, 0.1) is 5.92 Å². The molecule has 166 valence electrons. The van der Waals surface area contributed by atoms with Crippen LogP contribution in [0.4, 0.5) is 10.8 Å². The van der Waals surface area contributed by atoms with Crippen LogP contribution in [0.1, 0.15) is 12.8 Å². The van der Waals surface area contributed by atoms with Gasteiger partial charge >= 0.3 is 0 Å². The highest BCUT2D eigenvalue weighted by Gasteiger charge is 2.25. The number of aromatic nitrogens is 3. The summed E-state index contributed by atoms with van der Waals surface area (Å²) >= 11 is 1.71. The molecular formula is C23H33N7S. The van der Waals surface area contributed by atoms with Gasteiger partial charge in [0.05, 0.1) is 11.9 Å². The SMILES string of the molecule is CN1CCN(CC2CCN(c3nn4cc(-c5ccc(N(C)C)cc5)nc4s3)CC2)CC1. The number of nitrogens with zero attached hydrogens (tertiary/aromatic N) is 7. The van der Waals surface area contributed by atoms with Crippen molar-refractivity contribution >= 4 is 27.1 Å². The van der Waals surface area contributed by atoms with Gasteiger partial charge in [0.15, 0.2) is 0 Å². The first-order valence-corrected chi connectivity index (χ1v) is 12.2. The van der Waals surface area contributed by atoms with E-state index in [2.05, 4.69) is 71.2 Å². The Morgan fingerprint density at radius 1 is 1.00 bits per heavy atom. The molecule has 0 radical (unpaired) electrons. The molecule has 2 aliphatic heterocycles. The number of piperidine rings is 1. The van der Waals surface area contributed by atoms with E-state index >= 15 is 0 Å². The summed E-state index contributed by atoms with van der Waals surface area (Å²) in [5.74, 6) is 0.820. The number of hydrogen-bond acceptors (Lipinski definition) is 7. The molecule has 7 nitrogen and oxygen atoms in total. The van der Waals surface area contributed by atoms with Crippen LogP contribution in [0.25, 0.3) is 16.2 Å². The number of hydrogen-bond donors (Lipinski definition) is 0. The molecule has 5 rings (SSSR count). The molecule has 31 heavy (non-hydrogen) atoms. The second-order valence-electron chi connectivity index (χ2n) is 9.21. The summed E-state index contributed by atoms with van der Waals surface area (Å²) in [4.78, 5) is 15.5. The zero-order chi connectivity index (χ0) is 21.4. The van der Waals surface area contributed by atoms with Crippen molar-refractivity contribution < 1.29 is 0 Å². The first-order valence-electron chi connectivity index (χ1n) is 11.3. The van der Waals surface area contributed by atoms with Gasteiger partial charge in [0, 0.05) is 71.2 Å². The van der Waals surface area contributed by atoms with Crippen LogP contribution in [0.5, 0.6) is 0 Å². The Balaban J connectivity index is 1.19. The molecule has 2 aromatic heterocycles. The van der Waals surface area contributed by atoms with Gasteiger partial charge in [-0.25, -0.2) is 9.50 Å². The molecule has 4 heterocycles. The topological polar surface area (TPSA) is 43.1 Å². The molecular weight excluding hydrogens is 406 g/mol. The van der Waals surface area contributed by atoms with Crippen LogP contribution >= 0.6 is 11.3 Å². The molecule has 0 spiro atoms. The van der Waals surface area contributed by atoms with Crippen molar-refractivity contribution in [2.24, 2.45) is 5.92 Å². The van der Waals surface area contributed by atoms with Crippen LogP contribution in [0.15, 0.2) is 30.5 Å². The molecule has 0 amide bonds. The van der Waals surface area contributed by atoms with Crippen molar-refractivity contribution in [3.8, 4) is 11.3 Å². The van der Waals surface area contributed by atoms with Crippen molar-refractivity contribution in [1.82, 2.24) is 24.4 Å². The normalized spacial score (nSPS) is 19.4. The number of rotatable bonds is 5. The highest BCUT2D eigenvalue weighted by atomic mass is 32.1. The van der Waals surface area contributed by atoms with Gasteiger partial charge in [0.25, 0.3) is 0 Å². The molecule has 2 fully saturated rings.